The van der Waals surface area contributed by atoms with E-state index in [1.54, 1.807) is 0 Å². The summed E-state index contributed by atoms with van der Waals surface area (Å²) in [5.74, 6) is -7.61. The van der Waals surface area contributed by atoms with Crippen molar-refractivity contribution in [2.75, 3.05) is 13.2 Å². The Labute approximate surface area is 180 Å². The van der Waals surface area contributed by atoms with E-state index in [9.17, 15) is 27.2 Å². The number of rotatable bonds is 11. The first-order valence-electron chi connectivity index (χ1n) is 9.68. The summed E-state index contributed by atoms with van der Waals surface area (Å²) in [4.78, 5) is 27.8. The molecule has 0 bridgehead atoms. The molecular weight excluding hydrogens is 434 g/mol. The smallest absolute Gasteiger partial charge is 0.251 e. The Hall–Kier alpha value is -3.37. The first kappa shape index (κ1) is 24.9. The molecule has 1 aromatic rings. The number of ketones is 1. The number of ether oxygens (including phenoxy) is 1. The number of hydrogen-bond donors (Lipinski definition) is 2. The van der Waals surface area contributed by atoms with Gasteiger partial charge >= 0.3 is 0 Å². The van der Waals surface area contributed by atoms with Crippen LogP contribution in [0.1, 0.15) is 36.0 Å². The number of halogens is 4. The van der Waals surface area contributed by atoms with E-state index in [1.165, 1.54) is 24.3 Å². The van der Waals surface area contributed by atoms with Crippen molar-refractivity contribution in [2.24, 2.45) is 10.8 Å². The lowest BCUT2D eigenvalue weighted by molar-refractivity contribution is -0.124. The molecule has 2 atom stereocenters. The summed E-state index contributed by atoms with van der Waals surface area (Å²) in [5.41, 5.74) is 14.2. The molecule has 0 spiro atoms. The first-order chi connectivity index (χ1) is 15.3. The highest BCUT2D eigenvalue weighted by Crippen LogP contribution is 2.35. The molecule has 1 unspecified atom stereocenters. The van der Waals surface area contributed by atoms with Crippen LogP contribution in [0.2, 0.25) is 0 Å². The van der Waals surface area contributed by atoms with Crippen LogP contribution in [0, 0.1) is 0 Å². The molecule has 0 heterocycles. The van der Waals surface area contributed by atoms with Crippen molar-refractivity contribution < 1.29 is 31.9 Å². The van der Waals surface area contributed by atoms with Gasteiger partial charge < -0.3 is 15.8 Å². The standard InChI is InChI=1S/C20H21F4N5O3/c21-13-9-14(22)18(24)19(17(13)23)32-10-16(30)15(6-1-2-7-25)27-20(31)11-4-3-5-12(8-11)28-29-26/h3-5,8,13,15H,1-2,6-7,9-10,25H2,(H,27,31)/t13?,15-/m0/s1. The van der Waals surface area contributed by atoms with E-state index in [-0.39, 0.29) is 17.7 Å². The molecule has 2 rings (SSSR count). The Balaban J connectivity index is 2.13. The number of nitrogens with zero attached hydrogens (tertiary/aromatic N) is 3. The van der Waals surface area contributed by atoms with E-state index in [4.69, 9.17) is 16.0 Å². The van der Waals surface area contributed by atoms with Gasteiger partial charge in [-0.2, -0.15) is 4.39 Å². The van der Waals surface area contributed by atoms with Crippen molar-refractivity contribution in [3.63, 3.8) is 0 Å². The minimum Gasteiger partial charge on any atom is -0.480 e. The van der Waals surface area contributed by atoms with Gasteiger partial charge in [0.25, 0.3) is 5.91 Å². The quantitative estimate of drug-likeness (QED) is 0.167. The molecule has 0 fully saturated rings. The number of alkyl halides is 1. The molecule has 0 radical (unpaired) electrons. The molecule has 0 aromatic heterocycles. The zero-order valence-corrected chi connectivity index (χ0v) is 16.9. The summed E-state index contributed by atoms with van der Waals surface area (Å²) < 4.78 is 59.2. The summed E-state index contributed by atoms with van der Waals surface area (Å²) in [7, 11) is 0. The number of amides is 1. The lowest BCUT2D eigenvalue weighted by atomic mass is 10.0. The van der Waals surface area contributed by atoms with Gasteiger partial charge in [-0.15, -0.1) is 0 Å². The van der Waals surface area contributed by atoms with Crippen molar-refractivity contribution in [2.45, 2.75) is 37.9 Å². The Morgan fingerprint density at radius 1 is 1.31 bits per heavy atom. The SMILES string of the molecule is [N-]=[N+]=Nc1cccc(C(=O)N[C@@H](CCCCN)C(=O)COC2=C(F)C(F)CC(F)=C2F)c1. The monoisotopic (exact) mass is 455 g/mol. The minimum atomic E-state index is -2.41. The molecule has 1 aliphatic carbocycles. The summed E-state index contributed by atoms with van der Waals surface area (Å²) in [6.45, 7) is -0.590. The van der Waals surface area contributed by atoms with Gasteiger partial charge in [-0.1, -0.05) is 17.2 Å². The first-order valence-corrected chi connectivity index (χ1v) is 9.68. The summed E-state index contributed by atoms with van der Waals surface area (Å²) >= 11 is 0. The molecular formula is C20H21F4N5O3. The van der Waals surface area contributed by atoms with E-state index in [0.29, 0.717) is 19.4 Å². The number of allylic oxidation sites excluding steroid dienone is 3. The molecule has 8 nitrogen and oxygen atoms in total. The molecule has 3 N–H and O–H groups in total. The van der Waals surface area contributed by atoms with Crippen molar-refractivity contribution in [3.05, 3.63) is 63.5 Å². The topological polar surface area (TPSA) is 130 Å². The molecule has 0 aliphatic heterocycles. The largest absolute Gasteiger partial charge is 0.480 e. The zero-order chi connectivity index (χ0) is 23.7. The Kier molecular flexibility index (Phi) is 9.23. The zero-order valence-electron chi connectivity index (χ0n) is 16.9. The van der Waals surface area contributed by atoms with Crippen LogP contribution in [0.25, 0.3) is 10.4 Å². The number of azide groups is 1. The molecule has 0 saturated carbocycles. The highest BCUT2D eigenvalue weighted by molar-refractivity contribution is 5.98. The fourth-order valence-corrected chi connectivity index (χ4v) is 2.89. The number of hydrogen-bond acceptors (Lipinski definition) is 5. The number of carbonyl (C=O) groups is 2. The Morgan fingerprint density at radius 3 is 2.75 bits per heavy atom. The molecule has 12 heteroatoms. The van der Waals surface area contributed by atoms with Gasteiger partial charge in [0.1, 0.15) is 12.4 Å². The van der Waals surface area contributed by atoms with Gasteiger partial charge in [0.05, 0.1) is 6.04 Å². The average Bonchev–Trinajstić information content (AvgIpc) is 2.77. The predicted molar refractivity (Wildman–Crippen MR) is 107 cm³/mol. The Morgan fingerprint density at radius 2 is 2.06 bits per heavy atom. The number of unbranched alkanes of at least 4 members (excludes halogenated alkanes) is 1. The molecule has 32 heavy (non-hydrogen) atoms. The van der Waals surface area contributed by atoms with Gasteiger partial charge in [-0.3, -0.25) is 9.59 Å². The third-order valence-corrected chi connectivity index (χ3v) is 4.56. The Bertz CT molecular complexity index is 976. The predicted octanol–water partition coefficient (Wildman–Crippen LogP) is 4.52. The number of nitrogens with one attached hydrogen (secondary N) is 1. The fourth-order valence-electron chi connectivity index (χ4n) is 2.89. The maximum absolute atomic E-state index is 13.8. The second kappa shape index (κ2) is 11.9. The van der Waals surface area contributed by atoms with Crippen LogP contribution >= 0.6 is 0 Å². The lowest BCUT2D eigenvalue weighted by Gasteiger charge is -2.20. The fraction of sp³-hybridized carbons (Fsp3) is 0.400. The maximum atomic E-state index is 13.8. The van der Waals surface area contributed by atoms with Crippen LogP contribution in [0.15, 0.2) is 52.6 Å². The maximum Gasteiger partial charge on any atom is 0.251 e. The molecule has 1 aromatic carbocycles. The highest BCUT2D eigenvalue weighted by atomic mass is 19.2. The minimum absolute atomic E-state index is 0.102. The van der Waals surface area contributed by atoms with E-state index in [2.05, 4.69) is 15.3 Å². The van der Waals surface area contributed by atoms with Crippen LogP contribution in [0.5, 0.6) is 0 Å². The number of Topliss-reactive ketones (excluding diaryl/α,β-unsaturated/α-hetero) is 1. The van der Waals surface area contributed by atoms with E-state index in [0.717, 1.165) is 0 Å². The van der Waals surface area contributed by atoms with Gasteiger partial charge in [0.15, 0.2) is 29.4 Å². The molecule has 0 saturated heterocycles. The van der Waals surface area contributed by atoms with Crippen LogP contribution < -0.4 is 11.1 Å². The molecule has 1 amide bonds. The second-order valence-corrected chi connectivity index (χ2v) is 6.87. The second-order valence-electron chi connectivity index (χ2n) is 6.87. The van der Waals surface area contributed by atoms with Gasteiger partial charge in [-0.25, -0.2) is 13.2 Å². The van der Waals surface area contributed by atoms with Crippen LogP contribution in [-0.2, 0) is 9.53 Å². The van der Waals surface area contributed by atoms with Crippen LogP contribution in [0.3, 0.4) is 0 Å². The van der Waals surface area contributed by atoms with E-state index < -0.39 is 60.2 Å². The van der Waals surface area contributed by atoms with Gasteiger partial charge in [0, 0.05) is 22.6 Å². The van der Waals surface area contributed by atoms with Crippen LogP contribution in [0.4, 0.5) is 23.2 Å². The summed E-state index contributed by atoms with van der Waals surface area (Å²) in [6, 6.07) is 4.56. The van der Waals surface area contributed by atoms with Crippen molar-refractivity contribution in [1.29, 1.82) is 0 Å². The summed E-state index contributed by atoms with van der Waals surface area (Å²) in [5, 5.41) is 5.87. The van der Waals surface area contributed by atoms with Gasteiger partial charge in [0.2, 0.25) is 0 Å². The van der Waals surface area contributed by atoms with Crippen molar-refractivity contribution in [1.82, 2.24) is 5.32 Å². The number of carbonyl (C=O) groups excluding carboxylic acids is 2. The third-order valence-electron chi connectivity index (χ3n) is 4.56. The lowest BCUT2D eigenvalue weighted by Crippen LogP contribution is -2.42. The van der Waals surface area contributed by atoms with E-state index >= 15 is 0 Å². The number of nitrogens with two attached hydrogens (primary N) is 1. The third kappa shape index (κ3) is 6.56. The van der Waals surface area contributed by atoms with Crippen LogP contribution in [-0.4, -0.2) is 37.1 Å². The van der Waals surface area contributed by atoms with Crippen molar-refractivity contribution >= 4 is 17.4 Å². The van der Waals surface area contributed by atoms with E-state index in [1.807, 2.05) is 0 Å². The molecule has 1 aliphatic rings. The van der Waals surface area contributed by atoms with Gasteiger partial charge in [-0.05, 0) is 43.5 Å². The molecule has 172 valence electrons. The van der Waals surface area contributed by atoms with Crippen molar-refractivity contribution in [3.8, 4) is 0 Å². The highest BCUT2D eigenvalue weighted by Gasteiger charge is 2.33. The normalized spacial score (nSPS) is 17.0. The number of benzene rings is 1. The summed E-state index contributed by atoms with van der Waals surface area (Å²) in [6.07, 6.45) is -2.38. The average molecular weight is 455 g/mol.